The molecule has 10 rings (SSSR count). The van der Waals surface area contributed by atoms with E-state index in [0.29, 0.717) is 75.7 Å². The van der Waals surface area contributed by atoms with E-state index >= 15 is 4.39 Å². The quantitative estimate of drug-likeness (QED) is 0.0359. The number of nitrogens with one attached hydrogen (secondary N) is 1. The molecule has 1 saturated carbocycles. The minimum Gasteiger partial charge on any atom is -0.508 e. The second kappa shape index (κ2) is 21.5. The predicted octanol–water partition coefficient (Wildman–Crippen LogP) is 9.65. The van der Waals surface area contributed by atoms with Crippen LogP contribution in [0.2, 0.25) is 0 Å². The number of aromatic nitrogens is 5. The maximum absolute atomic E-state index is 15.5. The first-order valence-corrected chi connectivity index (χ1v) is 28.7. The lowest BCUT2D eigenvalue weighted by Gasteiger charge is -2.59. The molecule has 2 unspecified atom stereocenters. The number of alkyl carbamates (subject to hydrolysis) is 1. The van der Waals surface area contributed by atoms with Gasteiger partial charge in [-0.05, 0) is 128 Å². The Kier molecular flexibility index (Phi) is 15.2. The number of alkyl halides is 3. The van der Waals surface area contributed by atoms with Crippen molar-refractivity contribution in [1.82, 2.24) is 34.5 Å². The van der Waals surface area contributed by atoms with Crippen molar-refractivity contribution in [3.05, 3.63) is 115 Å². The van der Waals surface area contributed by atoms with E-state index in [9.17, 15) is 42.6 Å². The van der Waals surface area contributed by atoms with Crippen LogP contribution in [-0.4, -0.2) is 100 Å². The number of aromatic hydroxyl groups is 2. The number of likely N-dealkylation sites (tertiary alicyclic amines) is 1. The monoisotopic (exact) mass is 1130 g/mol. The molecule has 2 aliphatic carbocycles. The highest BCUT2D eigenvalue weighted by Gasteiger charge is 2.52. The Morgan fingerprint density at radius 2 is 1.75 bits per heavy atom. The molecule has 2 aliphatic heterocycles. The van der Waals surface area contributed by atoms with Gasteiger partial charge in [-0.15, -0.1) is 10.2 Å². The van der Waals surface area contributed by atoms with Gasteiger partial charge in [0.05, 0.1) is 45.4 Å². The topological polar surface area (TPSA) is 208 Å². The number of rotatable bonds is 18. The van der Waals surface area contributed by atoms with Crippen molar-refractivity contribution in [2.45, 2.75) is 134 Å². The van der Waals surface area contributed by atoms with Gasteiger partial charge in [0.1, 0.15) is 30.5 Å². The summed E-state index contributed by atoms with van der Waals surface area (Å²) in [4.78, 5) is 59.6. The van der Waals surface area contributed by atoms with Crippen LogP contribution < -0.4 is 16.2 Å². The van der Waals surface area contributed by atoms with Crippen LogP contribution in [0.5, 0.6) is 11.5 Å². The lowest BCUT2D eigenvalue weighted by molar-refractivity contribution is -0.585. The molecular weight excluding hydrogens is 1060 g/mol. The van der Waals surface area contributed by atoms with Crippen LogP contribution in [-0.2, 0) is 40.4 Å². The Bertz CT molecular complexity index is 3460. The van der Waals surface area contributed by atoms with Gasteiger partial charge in [0, 0.05) is 53.7 Å². The standard InChI is InChI=1S/C57H62F4N8O8S2/c1-8-30(4)37-16-44-49-39(22-68(44)53(74)40(37)23-76-28-70)48-42(14-13-35-31(5)41(58)17-43(63-49)47(35)48)64-54(75)77-27-55(6,7)79-78-34-19-56(20-34)25-67(26-56)21-32-9-11-33(12-10-32)69-50(38-15-36(29(2)3)45(71)18-46(38)72)65-66-51(69)52(73)62-24-57(59,60)61/h9-12,15-18,28-30,34,42,71-72H,8,13-14,19-27H2,1-7H3,(H,62,73)(H,64,75)/p+1. The number of phenolic OH excluding ortho intramolecular Hbond substituents is 2. The van der Waals surface area contributed by atoms with E-state index in [1.54, 1.807) is 34.4 Å². The van der Waals surface area contributed by atoms with Gasteiger partial charge in [-0.3, -0.25) is 24.4 Å². The van der Waals surface area contributed by atoms with Crippen molar-refractivity contribution in [2.24, 2.45) is 5.41 Å². The molecular formula is C57H63F4N8O8S2+. The average molecular weight is 1130 g/mol. The molecule has 0 bridgehead atoms. The van der Waals surface area contributed by atoms with Crippen LogP contribution in [0, 0.1) is 18.2 Å². The van der Waals surface area contributed by atoms with Crippen LogP contribution in [0.25, 0.3) is 39.4 Å². The number of hydrogen-bond acceptors (Lipinski definition) is 14. The summed E-state index contributed by atoms with van der Waals surface area (Å²) in [6.07, 6.45) is -1.36. The van der Waals surface area contributed by atoms with Gasteiger partial charge in [-0.1, -0.05) is 61.4 Å². The van der Waals surface area contributed by atoms with Crippen LogP contribution in [0.15, 0.2) is 53.3 Å². The predicted molar refractivity (Wildman–Crippen MR) is 292 cm³/mol. The molecule has 2 amide bonds. The van der Waals surface area contributed by atoms with Crippen LogP contribution in [0.4, 0.5) is 22.4 Å². The van der Waals surface area contributed by atoms with Gasteiger partial charge in [0.15, 0.2) is 12.4 Å². The minimum atomic E-state index is -4.60. The Balaban J connectivity index is 0.748. The summed E-state index contributed by atoms with van der Waals surface area (Å²) in [6.45, 7) is 15.1. The Hall–Kier alpha value is -6.49. The fourth-order valence-electron chi connectivity index (χ4n) is 11.7. The Morgan fingerprint density at radius 1 is 1.01 bits per heavy atom. The first-order valence-electron chi connectivity index (χ1n) is 26.5. The zero-order valence-corrected chi connectivity index (χ0v) is 46.6. The second-order valence-corrected chi connectivity index (χ2v) is 25.7. The summed E-state index contributed by atoms with van der Waals surface area (Å²) in [7, 11) is 3.50. The Labute approximate surface area is 461 Å². The number of halogens is 4. The number of nitrogens with zero attached hydrogens (tertiary/aromatic N) is 6. The van der Waals surface area contributed by atoms with Crippen molar-refractivity contribution < 1.29 is 56.9 Å². The van der Waals surface area contributed by atoms with Gasteiger partial charge in [0.25, 0.3) is 17.9 Å². The molecule has 5 heterocycles. The summed E-state index contributed by atoms with van der Waals surface area (Å²) < 4.78 is 68.5. The highest BCUT2D eigenvalue weighted by atomic mass is 33.1. The lowest BCUT2D eigenvalue weighted by atomic mass is 9.63. The van der Waals surface area contributed by atoms with Crippen LogP contribution >= 0.6 is 21.6 Å². The summed E-state index contributed by atoms with van der Waals surface area (Å²) in [5.41, 5.74) is 7.70. The van der Waals surface area contributed by atoms with Crippen molar-refractivity contribution >= 4 is 51.0 Å². The summed E-state index contributed by atoms with van der Waals surface area (Å²) >= 11 is 0. The number of quaternary nitrogens is 1. The number of primary amides is 1. The number of nitrogens with two attached hydrogens (primary N) is 1. The number of amides is 2. The van der Waals surface area contributed by atoms with E-state index in [4.69, 9.17) is 14.5 Å². The zero-order chi connectivity index (χ0) is 56.5. The summed E-state index contributed by atoms with van der Waals surface area (Å²) in [5.74, 6) is -2.31. The molecule has 22 heteroatoms. The molecule has 418 valence electrons. The molecule has 0 radical (unpaired) electrons. The number of fused-ring (bicyclic) bond motifs is 4. The van der Waals surface area contributed by atoms with E-state index < -0.39 is 35.5 Å². The third-order valence-electron chi connectivity index (χ3n) is 15.9. The second-order valence-electron chi connectivity index (χ2n) is 22.5. The van der Waals surface area contributed by atoms with Crippen molar-refractivity contribution in [1.29, 1.82) is 0 Å². The third-order valence-corrected chi connectivity index (χ3v) is 19.6. The first-order chi connectivity index (χ1) is 37.5. The number of aryl methyl sites for hydroxylation is 1. The number of pyridine rings is 2. The van der Waals surface area contributed by atoms with E-state index in [0.717, 1.165) is 65.6 Å². The normalized spacial score (nSPS) is 17.1. The largest absolute Gasteiger partial charge is 0.508 e. The van der Waals surface area contributed by atoms with Crippen LogP contribution in [0.1, 0.15) is 140 Å². The molecule has 1 saturated heterocycles. The zero-order valence-electron chi connectivity index (χ0n) is 44.9. The molecule has 16 nitrogen and oxygen atoms in total. The highest BCUT2D eigenvalue weighted by Crippen LogP contribution is 2.57. The van der Waals surface area contributed by atoms with E-state index in [1.807, 2.05) is 70.5 Å². The van der Waals surface area contributed by atoms with Crippen molar-refractivity contribution in [2.75, 3.05) is 26.2 Å². The van der Waals surface area contributed by atoms with E-state index in [2.05, 4.69) is 20.4 Å². The van der Waals surface area contributed by atoms with Crippen molar-refractivity contribution in [3.8, 4) is 40.0 Å². The van der Waals surface area contributed by atoms with Gasteiger partial charge < -0.3 is 29.6 Å². The van der Waals surface area contributed by atoms with Crippen LogP contribution in [0.3, 0.4) is 0 Å². The van der Waals surface area contributed by atoms with Gasteiger partial charge in [-0.2, -0.15) is 13.2 Å². The lowest BCUT2D eigenvalue weighted by Crippen LogP contribution is -2.90. The number of benzene rings is 3. The van der Waals surface area contributed by atoms with E-state index in [1.165, 1.54) is 22.8 Å². The molecule has 6 aromatic rings. The van der Waals surface area contributed by atoms with Crippen molar-refractivity contribution in [3.63, 3.8) is 0 Å². The number of carbonyl (C=O) groups is 3. The third kappa shape index (κ3) is 11.0. The van der Waals surface area contributed by atoms with Gasteiger partial charge in [0.2, 0.25) is 0 Å². The van der Waals surface area contributed by atoms with Gasteiger partial charge >= 0.3 is 18.2 Å². The summed E-state index contributed by atoms with van der Waals surface area (Å²) in [6, 6.07) is 12.8. The SMILES string of the molecule is CCC(C)c1cc2n(c(=O)c1COC=O)Cc1c-2nc2cc(F)c(C)c3c2c1C(NC(=O)OCC(C)(C)SSC1CC2(C1)CN(Cc1ccc(-n4c(C(=O)[NH2+]CC(F)(F)F)nnc4-c4cc(C(C)C)c(O)cc4O)cc1)C2)CC3. The molecule has 5 N–H and O–H groups in total. The maximum Gasteiger partial charge on any atom is 0.438 e. The fraction of sp³-hybridized carbons (Fsp3) is 0.456. The highest BCUT2D eigenvalue weighted by molar-refractivity contribution is 8.77. The minimum absolute atomic E-state index is 0.0125. The first kappa shape index (κ1) is 55.8. The molecule has 2 atom stereocenters. The van der Waals surface area contributed by atoms with Gasteiger partial charge in [-0.25, -0.2) is 19.0 Å². The molecule has 3 aromatic heterocycles. The number of carbonyl (C=O) groups excluding carboxylic acids is 3. The molecule has 4 aliphatic rings. The fourth-order valence-corrected chi connectivity index (χ4v) is 14.8. The maximum atomic E-state index is 15.5. The molecule has 2 fully saturated rings. The van der Waals surface area contributed by atoms with E-state index in [-0.39, 0.29) is 77.1 Å². The average Bonchev–Trinajstić information content (AvgIpc) is 3.66. The molecule has 3 aromatic carbocycles. The molecule has 79 heavy (non-hydrogen) atoms. The number of phenols is 2. The Morgan fingerprint density at radius 3 is 2.43 bits per heavy atom. The summed E-state index contributed by atoms with van der Waals surface area (Å²) in [5, 5.41) is 34.4. The number of ether oxygens (including phenoxy) is 2. The molecule has 1 spiro atoms. The number of hydrogen-bond donors (Lipinski definition) is 4. The smallest absolute Gasteiger partial charge is 0.438 e.